The quantitative estimate of drug-likeness (QED) is 0.340. The van der Waals surface area contributed by atoms with Crippen LogP contribution in [0.2, 0.25) is 0 Å². The minimum absolute atomic E-state index is 0. The van der Waals surface area contributed by atoms with Gasteiger partial charge in [0.1, 0.15) is 6.10 Å². The van der Waals surface area contributed by atoms with Gasteiger partial charge in [0, 0.05) is 40.6 Å². The van der Waals surface area contributed by atoms with Crippen molar-refractivity contribution >= 4 is 43.7 Å². The van der Waals surface area contributed by atoms with Gasteiger partial charge in [0.2, 0.25) is 5.76 Å². The van der Waals surface area contributed by atoms with Gasteiger partial charge in [-0.1, -0.05) is 0 Å². The topological polar surface area (TPSA) is 107 Å². The van der Waals surface area contributed by atoms with Crippen LogP contribution in [-0.4, -0.2) is 82.9 Å². The maximum Gasteiger partial charge on any atom is 0.377 e. The van der Waals surface area contributed by atoms with Gasteiger partial charge in [0.15, 0.2) is 11.9 Å². The Balaban J connectivity index is -0.000000480. The smallest absolute Gasteiger partial charge is 0.377 e. The second kappa shape index (κ2) is 5.02. The maximum atomic E-state index is 10.5. The van der Waals surface area contributed by atoms with Crippen LogP contribution < -0.4 is 0 Å². The van der Waals surface area contributed by atoms with Gasteiger partial charge < -0.3 is 25.2 Å². The number of cyclic esters (lactones) is 1. The number of hydrogen-bond donors (Lipinski definition) is 4. The molecule has 0 fully saturated rings. The fraction of sp³-hybridized carbons (Fsp3) is 0.500. The van der Waals surface area contributed by atoms with E-state index in [1.54, 1.807) is 0 Å². The summed E-state index contributed by atoms with van der Waals surface area (Å²) in [7, 11) is 0. The van der Waals surface area contributed by atoms with E-state index in [1.807, 2.05) is 0 Å². The number of aliphatic hydroxyl groups is 4. The number of rotatable bonds is 2. The Morgan fingerprint density at radius 1 is 1.54 bits per heavy atom. The van der Waals surface area contributed by atoms with Crippen LogP contribution in [0.25, 0.3) is 0 Å². The summed E-state index contributed by atoms with van der Waals surface area (Å²) >= 11 is 0. The molecular weight excluding hydrogens is 208 g/mol. The molecule has 2 atom stereocenters. The van der Waals surface area contributed by atoms with Crippen molar-refractivity contribution in [2.24, 2.45) is 0 Å². The summed E-state index contributed by atoms with van der Waals surface area (Å²) in [6, 6.07) is 0. The molecule has 4 N–H and O–H groups in total. The second-order valence-electron chi connectivity index (χ2n) is 2.31. The Hall–Kier alpha value is -0.0103. The van der Waals surface area contributed by atoms with Gasteiger partial charge in [-0.25, -0.2) is 4.79 Å². The third-order valence-corrected chi connectivity index (χ3v) is 1.48. The molecule has 0 amide bonds. The fourth-order valence-corrected chi connectivity index (χ4v) is 0.823. The first-order valence-corrected chi connectivity index (χ1v) is 3.20. The Labute approximate surface area is 106 Å². The SMILES string of the molecule is O=C1O[C@H]([C@@H](O)CO)C(O)=C1O.[Ca].[HH].[HH]. The summed E-state index contributed by atoms with van der Waals surface area (Å²) in [6.07, 6.45) is -2.78. The number of hydrogen-bond acceptors (Lipinski definition) is 6. The minimum Gasteiger partial charge on any atom is -0.505 e. The average molecular weight is 220 g/mol. The van der Waals surface area contributed by atoms with E-state index in [-0.39, 0.29) is 40.6 Å². The Kier molecular flexibility index (Phi) is 5.01. The predicted molar refractivity (Wildman–Crippen MR) is 45.2 cm³/mol. The largest absolute Gasteiger partial charge is 0.505 e. The van der Waals surface area contributed by atoms with Crippen molar-refractivity contribution in [2.45, 2.75) is 12.2 Å². The Morgan fingerprint density at radius 3 is 2.38 bits per heavy atom. The summed E-state index contributed by atoms with van der Waals surface area (Å²) in [5.74, 6) is -2.78. The molecule has 13 heavy (non-hydrogen) atoms. The number of esters is 1. The zero-order valence-electron chi connectivity index (χ0n) is 6.67. The molecule has 0 spiro atoms. The molecule has 6 nitrogen and oxygen atoms in total. The fourth-order valence-electron chi connectivity index (χ4n) is 0.823. The summed E-state index contributed by atoms with van der Waals surface area (Å²) < 4.78 is 4.32. The molecule has 0 aromatic carbocycles. The molecule has 74 valence electrons. The number of carbonyl (C=O) groups is 1. The molecule has 0 saturated carbocycles. The van der Waals surface area contributed by atoms with Gasteiger partial charge in [0.05, 0.1) is 6.61 Å². The summed E-state index contributed by atoms with van der Waals surface area (Å²) in [4.78, 5) is 10.5. The predicted octanol–water partition coefficient (Wildman–Crippen LogP) is -1.30. The molecule has 0 aromatic rings. The molecular formula is C6H12CaO6. The zero-order chi connectivity index (χ0) is 9.30. The zero-order valence-corrected chi connectivity index (χ0v) is 8.88. The molecule has 0 unspecified atom stereocenters. The van der Waals surface area contributed by atoms with Crippen LogP contribution in [0.5, 0.6) is 0 Å². The van der Waals surface area contributed by atoms with Crippen LogP contribution in [0.3, 0.4) is 0 Å². The molecule has 1 aliphatic rings. The van der Waals surface area contributed by atoms with Gasteiger partial charge >= 0.3 is 5.97 Å². The van der Waals surface area contributed by atoms with Crippen molar-refractivity contribution in [1.29, 1.82) is 0 Å². The van der Waals surface area contributed by atoms with E-state index in [0.29, 0.717) is 0 Å². The van der Waals surface area contributed by atoms with E-state index in [9.17, 15) is 4.79 Å². The molecule has 7 heteroatoms. The minimum atomic E-state index is -1.42. The normalized spacial score (nSPS) is 23.8. The first kappa shape index (κ1) is 13.0. The van der Waals surface area contributed by atoms with Gasteiger partial charge in [-0.3, -0.25) is 0 Å². The van der Waals surface area contributed by atoms with E-state index in [2.05, 4.69) is 4.74 Å². The summed E-state index contributed by atoms with van der Waals surface area (Å²) in [5, 5.41) is 35.0. The van der Waals surface area contributed by atoms with Gasteiger partial charge in [-0.05, 0) is 0 Å². The third-order valence-electron chi connectivity index (χ3n) is 1.48. The summed E-state index contributed by atoms with van der Waals surface area (Å²) in [6.45, 7) is -0.671. The van der Waals surface area contributed by atoms with Gasteiger partial charge in [-0.2, -0.15) is 0 Å². The Morgan fingerprint density at radius 2 is 2.08 bits per heavy atom. The number of aliphatic hydroxyl groups excluding tert-OH is 4. The second-order valence-corrected chi connectivity index (χ2v) is 2.31. The van der Waals surface area contributed by atoms with E-state index in [0.717, 1.165) is 0 Å². The maximum absolute atomic E-state index is 10.5. The van der Waals surface area contributed by atoms with Crippen LogP contribution in [0.15, 0.2) is 11.5 Å². The summed E-state index contributed by atoms with van der Waals surface area (Å²) in [5.41, 5.74) is 0. The number of ether oxygens (including phenoxy) is 1. The Bertz CT molecular complexity index is 246. The van der Waals surface area contributed by atoms with Crippen molar-refractivity contribution in [3.8, 4) is 0 Å². The van der Waals surface area contributed by atoms with Crippen molar-refractivity contribution in [3.05, 3.63) is 11.5 Å². The molecule has 1 aliphatic heterocycles. The number of carbonyl (C=O) groups excluding carboxylic acids is 1. The van der Waals surface area contributed by atoms with Crippen LogP contribution >= 0.6 is 0 Å². The average Bonchev–Trinajstić information content (AvgIpc) is 2.32. The molecule has 1 heterocycles. The third kappa shape index (κ3) is 2.47. The standard InChI is InChI=1S/C6H8O6.Ca.2H2/c7-1-2(8)5-3(9)4(10)6(11)12-5;;;/h2,5,7-10H,1H2;;2*1H/t2-,5+;;;/m0.../s1. The van der Waals surface area contributed by atoms with Crippen LogP contribution in [-0.2, 0) is 9.53 Å². The van der Waals surface area contributed by atoms with Crippen molar-refractivity contribution in [1.82, 2.24) is 0 Å². The van der Waals surface area contributed by atoms with Crippen molar-refractivity contribution in [2.75, 3.05) is 6.61 Å². The van der Waals surface area contributed by atoms with Gasteiger partial charge in [-0.15, -0.1) is 0 Å². The molecule has 0 aromatic heterocycles. The van der Waals surface area contributed by atoms with Crippen LogP contribution in [0.4, 0.5) is 0 Å². The molecule has 1 rings (SSSR count). The first-order valence-electron chi connectivity index (χ1n) is 3.20. The van der Waals surface area contributed by atoms with Crippen LogP contribution in [0, 0.1) is 0 Å². The van der Waals surface area contributed by atoms with Crippen molar-refractivity contribution in [3.63, 3.8) is 0 Å². The monoisotopic (exact) mass is 220 g/mol. The van der Waals surface area contributed by atoms with E-state index in [4.69, 9.17) is 20.4 Å². The van der Waals surface area contributed by atoms with E-state index < -0.39 is 36.3 Å². The first-order chi connectivity index (χ1) is 5.57. The molecule has 2 radical (unpaired) electrons. The van der Waals surface area contributed by atoms with Crippen molar-refractivity contribution < 1.29 is 32.8 Å². The molecule has 0 bridgehead atoms. The van der Waals surface area contributed by atoms with Crippen LogP contribution in [0.1, 0.15) is 2.85 Å². The van der Waals surface area contributed by atoms with Gasteiger partial charge in [0.25, 0.3) is 0 Å². The van der Waals surface area contributed by atoms with E-state index >= 15 is 0 Å². The molecule has 0 aliphatic carbocycles. The van der Waals surface area contributed by atoms with E-state index in [1.165, 1.54) is 0 Å². The molecule has 0 saturated heterocycles.